The molecule has 0 amide bonds. The zero-order valence-electron chi connectivity index (χ0n) is 11.1. The third-order valence-corrected chi connectivity index (χ3v) is 5.20. The summed E-state index contributed by atoms with van der Waals surface area (Å²) in [5, 5.41) is 0. The van der Waals surface area contributed by atoms with Crippen LogP contribution >= 0.6 is 15.9 Å². The van der Waals surface area contributed by atoms with E-state index in [2.05, 4.69) is 53.2 Å². The van der Waals surface area contributed by atoms with Gasteiger partial charge in [-0.1, -0.05) is 46.3 Å². The molecule has 1 aromatic rings. The van der Waals surface area contributed by atoms with E-state index < -0.39 is 0 Å². The van der Waals surface area contributed by atoms with Gasteiger partial charge in [0.1, 0.15) is 0 Å². The van der Waals surface area contributed by atoms with Crippen LogP contribution in [-0.4, -0.2) is 18.0 Å². The molecule has 2 rings (SSSR count). The van der Waals surface area contributed by atoms with Gasteiger partial charge in [-0.3, -0.25) is 0 Å². The highest BCUT2D eigenvalue weighted by Gasteiger charge is 2.29. The van der Waals surface area contributed by atoms with Gasteiger partial charge in [-0.05, 0) is 50.0 Å². The van der Waals surface area contributed by atoms with Crippen LogP contribution in [0.25, 0.3) is 0 Å². The minimum Gasteiger partial charge on any atom is -0.382 e. The summed E-state index contributed by atoms with van der Waals surface area (Å²) in [5.41, 5.74) is 1.51. The summed E-state index contributed by atoms with van der Waals surface area (Å²) < 4.78 is 5.50. The minimum absolute atomic E-state index is 0.679. The van der Waals surface area contributed by atoms with E-state index in [0.29, 0.717) is 4.83 Å². The largest absolute Gasteiger partial charge is 0.382 e. The van der Waals surface area contributed by atoms with Crippen molar-refractivity contribution in [1.29, 1.82) is 0 Å². The molecule has 1 nitrogen and oxygen atoms in total. The van der Waals surface area contributed by atoms with Crippen molar-refractivity contribution in [3.8, 4) is 0 Å². The summed E-state index contributed by atoms with van der Waals surface area (Å²) in [4.78, 5) is 0.679. The van der Waals surface area contributed by atoms with E-state index in [-0.39, 0.29) is 0 Å². The number of halogens is 1. The molecule has 1 fully saturated rings. The quantitative estimate of drug-likeness (QED) is 0.563. The fourth-order valence-electron chi connectivity index (χ4n) is 2.93. The highest BCUT2D eigenvalue weighted by atomic mass is 79.9. The lowest BCUT2D eigenvalue weighted by Crippen LogP contribution is -2.25. The van der Waals surface area contributed by atoms with E-state index in [1.165, 1.54) is 31.2 Å². The molecule has 1 aromatic carbocycles. The monoisotopic (exact) mass is 310 g/mol. The molecule has 0 radical (unpaired) electrons. The van der Waals surface area contributed by atoms with Crippen LogP contribution in [0.15, 0.2) is 30.3 Å². The van der Waals surface area contributed by atoms with E-state index >= 15 is 0 Å². The summed E-state index contributed by atoms with van der Waals surface area (Å²) in [6.07, 6.45) is 5.08. The van der Waals surface area contributed by atoms with Gasteiger partial charge in [0.15, 0.2) is 0 Å². The van der Waals surface area contributed by atoms with E-state index in [0.717, 1.165) is 25.0 Å². The number of rotatable bonds is 5. The topological polar surface area (TPSA) is 9.23 Å². The number of hydrogen-bond acceptors (Lipinski definition) is 1. The van der Waals surface area contributed by atoms with Crippen molar-refractivity contribution in [2.75, 3.05) is 13.2 Å². The molecular formula is C16H23BrO. The summed E-state index contributed by atoms with van der Waals surface area (Å²) in [6, 6.07) is 11.0. The maximum Gasteiger partial charge on any atom is 0.0468 e. The maximum atomic E-state index is 5.50. The van der Waals surface area contributed by atoms with Crippen molar-refractivity contribution in [3.63, 3.8) is 0 Å². The molecule has 0 saturated heterocycles. The van der Waals surface area contributed by atoms with Crippen molar-refractivity contribution in [3.05, 3.63) is 35.9 Å². The predicted molar refractivity (Wildman–Crippen MR) is 80.3 cm³/mol. The van der Waals surface area contributed by atoms with Crippen LogP contribution in [0.2, 0.25) is 0 Å². The smallest absolute Gasteiger partial charge is 0.0468 e. The van der Waals surface area contributed by atoms with E-state index in [9.17, 15) is 0 Å². The Kier molecular flexibility index (Phi) is 5.71. The fraction of sp³-hybridized carbons (Fsp3) is 0.625. The van der Waals surface area contributed by atoms with Crippen LogP contribution in [0, 0.1) is 5.92 Å². The predicted octanol–water partition coefficient (Wildman–Crippen LogP) is 4.76. The Hall–Kier alpha value is -0.340. The first kappa shape index (κ1) is 14.1. The van der Waals surface area contributed by atoms with Crippen LogP contribution in [0.3, 0.4) is 0 Å². The zero-order chi connectivity index (χ0) is 12.8. The van der Waals surface area contributed by atoms with Gasteiger partial charge in [0.2, 0.25) is 0 Å². The molecule has 0 heterocycles. The molecular weight excluding hydrogens is 288 g/mol. The molecule has 18 heavy (non-hydrogen) atoms. The number of benzene rings is 1. The first-order valence-electron chi connectivity index (χ1n) is 7.08. The van der Waals surface area contributed by atoms with Gasteiger partial charge in [0, 0.05) is 18.0 Å². The van der Waals surface area contributed by atoms with Crippen molar-refractivity contribution in [2.24, 2.45) is 5.92 Å². The minimum atomic E-state index is 0.679. The second kappa shape index (κ2) is 7.30. The van der Waals surface area contributed by atoms with Crippen LogP contribution in [-0.2, 0) is 4.74 Å². The summed E-state index contributed by atoms with van der Waals surface area (Å²) >= 11 is 3.85. The summed E-state index contributed by atoms with van der Waals surface area (Å²) in [5.74, 6) is 1.50. The van der Waals surface area contributed by atoms with Gasteiger partial charge >= 0.3 is 0 Å². The number of alkyl halides is 1. The van der Waals surface area contributed by atoms with Crippen LogP contribution in [0.1, 0.15) is 44.1 Å². The Morgan fingerprint density at radius 2 is 2.00 bits per heavy atom. The molecule has 1 aliphatic rings. The lowest BCUT2D eigenvalue weighted by atomic mass is 9.77. The normalized spacial score (nSPS) is 28.2. The van der Waals surface area contributed by atoms with E-state index in [1.54, 1.807) is 0 Å². The Morgan fingerprint density at radius 1 is 1.22 bits per heavy atom. The van der Waals surface area contributed by atoms with Crippen molar-refractivity contribution < 1.29 is 4.74 Å². The van der Waals surface area contributed by atoms with Gasteiger partial charge in [-0.15, -0.1) is 0 Å². The van der Waals surface area contributed by atoms with Crippen LogP contribution in [0.5, 0.6) is 0 Å². The van der Waals surface area contributed by atoms with Gasteiger partial charge < -0.3 is 4.74 Å². The van der Waals surface area contributed by atoms with Crippen LogP contribution in [0.4, 0.5) is 0 Å². The highest BCUT2D eigenvalue weighted by Crippen LogP contribution is 2.40. The zero-order valence-corrected chi connectivity index (χ0v) is 12.7. The second-order valence-corrected chi connectivity index (χ2v) is 6.36. The van der Waals surface area contributed by atoms with Gasteiger partial charge in [-0.25, -0.2) is 0 Å². The summed E-state index contributed by atoms with van der Waals surface area (Å²) in [6.45, 7) is 3.81. The van der Waals surface area contributed by atoms with Gasteiger partial charge in [0.05, 0.1) is 0 Å². The standard InChI is InChI=1S/C16H23BrO/c1-2-18-11-10-15-12-14(8-9-16(15)17)13-6-4-3-5-7-13/h3-7,14-16H,2,8-12H2,1H3. The Bertz CT molecular complexity index is 338. The van der Waals surface area contributed by atoms with E-state index in [4.69, 9.17) is 4.74 Å². The molecule has 100 valence electrons. The third-order valence-electron chi connectivity index (χ3n) is 4.00. The first-order valence-corrected chi connectivity index (χ1v) is 7.99. The van der Waals surface area contributed by atoms with E-state index in [1.807, 2.05) is 0 Å². The Morgan fingerprint density at radius 3 is 2.72 bits per heavy atom. The highest BCUT2D eigenvalue weighted by molar-refractivity contribution is 9.09. The average Bonchev–Trinajstić information content (AvgIpc) is 2.42. The fourth-order valence-corrected chi connectivity index (χ4v) is 3.68. The van der Waals surface area contributed by atoms with Gasteiger partial charge in [-0.2, -0.15) is 0 Å². The van der Waals surface area contributed by atoms with Crippen molar-refractivity contribution >= 4 is 15.9 Å². The molecule has 0 aliphatic heterocycles. The lowest BCUT2D eigenvalue weighted by molar-refractivity contribution is 0.124. The molecule has 1 saturated carbocycles. The van der Waals surface area contributed by atoms with Crippen molar-refractivity contribution in [1.82, 2.24) is 0 Å². The first-order chi connectivity index (χ1) is 8.81. The molecule has 0 bridgehead atoms. The molecule has 3 atom stereocenters. The average molecular weight is 311 g/mol. The molecule has 0 N–H and O–H groups in total. The van der Waals surface area contributed by atoms with Gasteiger partial charge in [0.25, 0.3) is 0 Å². The Balaban J connectivity index is 1.91. The molecule has 0 aromatic heterocycles. The molecule has 3 unspecified atom stereocenters. The number of ether oxygens (including phenoxy) is 1. The SMILES string of the molecule is CCOCCC1CC(c2ccccc2)CCC1Br. The summed E-state index contributed by atoms with van der Waals surface area (Å²) in [7, 11) is 0. The molecule has 0 spiro atoms. The second-order valence-electron chi connectivity index (χ2n) is 5.18. The number of hydrogen-bond donors (Lipinski definition) is 0. The molecule has 2 heteroatoms. The third kappa shape index (κ3) is 3.83. The Labute approximate surface area is 119 Å². The maximum absolute atomic E-state index is 5.50. The van der Waals surface area contributed by atoms with Crippen LogP contribution < -0.4 is 0 Å². The molecule has 1 aliphatic carbocycles. The van der Waals surface area contributed by atoms with Crippen molar-refractivity contribution in [2.45, 2.75) is 43.4 Å². The lowest BCUT2D eigenvalue weighted by Gasteiger charge is -2.33.